The number of nitrogens with zero attached hydrogens (tertiary/aromatic N) is 2. The van der Waals surface area contributed by atoms with E-state index >= 15 is 0 Å². The van der Waals surface area contributed by atoms with Crippen LogP contribution < -0.4 is 4.90 Å². The topological polar surface area (TPSA) is 16.1 Å². The monoisotopic (exact) mass is 274 g/mol. The fourth-order valence-electron chi connectivity index (χ4n) is 3.06. The van der Waals surface area contributed by atoms with Gasteiger partial charge in [-0.1, -0.05) is 6.92 Å². The number of anilines is 1. The summed E-state index contributed by atoms with van der Waals surface area (Å²) in [7, 11) is 0. The Morgan fingerprint density at radius 2 is 2.16 bits per heavy atom. The smallest absolute Gasteiger partial charge is 0.185 e. The quantitative estimate of drug-likeness (QED) is 0.828. The lowest BCUT2D eigenvalue weighted by atomic mass is 10.1. The van der Waals surface area contributed by atoms with Crippen LogP contribution in [0.3, 0.4) is 0 Å². The summed E-state index contributed by atoms with van der Waals surface area (Å²) in [6.07, 6.45) is 1.37. The first-order valence-electron chi connectivity index (χ1n) is 6.60. The standard InChI is InChI=1S/C15H15FN2S/c1-15-6-11(15)7-18(9-15)14-17-13(8-19-14)10-2-4-12(16)5-3-10/h2-5,8,11H,6-7,9H2,1H3. The largest absolute Gasteiger partial charge is 0.347 e. The minimum atomic E-state index is -0.202. The molecular formula is C15H15FN2S. The van der Waals surface area contributed by atoms with Crippen LogP contribution in [0.25, 0.3) is 11.3 Å². The van der Waals surface area contributed by atoms with E-state index < -0.39 is 0 Å². The van der Waals surface area contributed by atoms with Crippen LogP contribution in [-0.4, -0.2) is 18.1 Å². The molecule has 1 aliphatic heterocycles. The number of hydrogen-bond donors (Lipinski definition) is 0. The Morgan fingerprint density at radius 1 is 1.37 bits per heavy atom. The Hall–Kier alpha value is -1.42. The van der Waals surface area contributed by atoms with Gasteiger partial charge in [0.05, 0.1) is 5.69 Å². The third-order valence-corrected chi connectivity index (χ3v) is 5.34. The Morgan fingerprint density at radius 3 is 2.84 bits per heavy atom. The molecule has 4 rings (SSSR count). The summed E-state index contributed by atoms with van der Waals surface area (Å²) in [5, 5.41) is 3.17. The molecule has 2 aromatic rings. The number of piperidine rings is 1. The van der Waals surface area contributed by atoms with Gasteiger partial charge in [-0.15, -0.1) is 11.3 Å². The normalized spacial score (nSPS) is 28.5. The van der Waals surface area contributed by atoms with E-state index in [-0.39, 0.29) is 5.82 Å². The highest BCUT2D eigenvalue weighted by Crippen LogP contribution is 2.58. The molecule has 1 saturated heterocycles. The van der Waals surface area contributed by atoms with Crippen LogP contribution >= 0.6 is 11.3 Å². The lowest BCUT2D eigenvalue weighted by molar-refractivity contribution is 0.596. The zero-order chi connectivity index (χ0) is 13.0. The summed E-state index contributed by atoms with van der Waals surface area (Å²) >= 11 is 1.69. The Kier molecular flexibility index (Phi) is 2.28. The summed E-state index contributed by atoms with van der Waals surface area (Å²) in [5.74, 6) is 0.664. The molecule has 4 heteroatoms. The van der Waals surface area contributed by atoms with E-state index in [2.05, 4.69) is 17.2 Å². The van der Waals surface area contributed by atoms with Crippen molar-refractivity contribution in [3.05, 3.63) is 35.5 Å². The molecule has 1 aromatic carbocycles. The maximum absolute atomic E-state index is 12.9. The second-order valence-corrected chi connectivity index (χ2v) is 6.79. The number of hydrogen-bond acceptors (Lipinski definition) is 3. The second kappa shape index (κ2) is 3.79. The summed E-state index contributed by atoms with van der Waals surface area (Å²) in [4.78, 5) is 7.09. The van der Waals surface area contributed by atoms with Gasteiger partial charge in [-0.05, 0) is 42.0 Å². The number of rotatable bonds is 2. The van der Waals surface area contributed by atoms with E-state index in [1.54, 1.807) is 23.5 Å². The minimum Gasteiger partial charge on any atom is -0.347 e. The van der Waals surface area contributed by atoms with Crippen molar-refractivity contribution in [3.63, 3.8) is 0 Å². The fraction of sp³-hybridized carbons (Fsp3) is 0.400. The van der Waals surface area contributed by atoms with E-state index in [9.17, 15) is 4.39 Å². The zero-order valence-electron chi connectivity index (χ0n) is 10.8. The van der Waals surface area contributed by atoms with Crippen molar-refractivity contribution in [1.29, 1.82) is 0 Å². The molecule has 98 valence electrons. The Bertz CT molecular complexity index is 621. The molecule has 0 N–H and O–H groups in total. The molecule has 0 spiro atoms. The van der Waals surface area contributed by atoms with Crippen molar-refractivity contribution in [2.45, 2.75) is 13.3 Å². The first kappa shape index (κ1) is 11.4. The summed E-state index contributed by atoms with van der Waals surface area (Å²) in [5.41, 5.74) is 2.48. The van der Waals surface area contributed by atoms with E-state index in [4.69, 9.17) is 4.98 Å². The highest BCUT2D eigenvalue weighted by atomic mass is 32.1. The lowest BCUT2D eigenvalue weighted by Crippen LogP contribution is -2.23. The van der Waals surface area contributed by atoms with Gasteiger partial charge >= 0.3 is 0 Å². The molecule has 19 heavy (non-hydrogen) atoms. The van der Waals surface area contributed by atoms with Crippen molar-refractivity contribution in [1.82, 2.24) is 4.98 Å². The number of thiazole rings is 1. The molecule has 1 aromatic heterocycles. The highest BCUT2D eigenvalue weighted by molar-refractivity contribution is 7.14. The first-order valence-corrected chi connectivity index (χ1v) is 7.48. The van der Waals surface area contributed by atoms with Crippen molar-refractivity contribution in [2.24, 2.45) is 11.3 Å². The van der Waals surface area contributed by atoms with Gasteiger partial charge in [-0.3, -0.25) is 0 Å². The first-order chi connectivity index (χ1) is 9.14. The third-order valence-electron chi connectivity index (χ3n) is 4.43. The maximum Gasteiger partial charge on any atom is 0.185 e. The number of aromatic nitrogens is 1. The molecule has 0 amide bonds. The highest BCUT2D eigenvalue weighted by Gasteiger charge is 2.56. The summed E-state index contributed by atoms with van der Waals surface area (Å²) in [6, 6.07) is 6.55. The van der Waals surface area contributed by atoms with E-state index in [0.717, 1.165) is 35.4 Å². The van der Waals surface area contributed by atoms with Crippen LogP contribution in [0.4, 0.5) is 9.52 Å². The van der Waals surface area contributed by atoms with Gasteiger partial charge in [-0.2, -0.15) is 0 Å². The van der Waals surface area contributed by atoms with Gasteiger partial charge < -0.3 is 4.90 Å². The van der Waals surface area contributed by atoms with Gasteiger partial charge in [0.25, 0.3) is 0 Å². The predicted molar refractivity (Wildman–Crippen MR) is 75.9 cm³/mol. The zero-order valence-corrected chi connectivity index (χ0v) is 11.6. The van der Waals surface area contributed by atoms with E-state index in [1.807, 2.05) is 0 Å². The molecular weight excluding hydrogens is 259 g/mol. The number of halogens is 1. The van der Waals surface area contributed by atoms with Crippen LogP contribution in [0.15, 0.2) is 29.6 Å². The Balaban J connectivity index is 1.58. The number of fused-ring (bicyclic) bond motifs is 1. The Labute approximate surface area is 115 Å². The van der Waals surface area contributed by atoms with Gasteiger partial charge in [0.15, 0.2) is 5.13 Å². The molecule has 2 atom stereocenters. The van der Waals surface area contributed by atoms with Gasteiger partial charge in [0.2, 0.25) is 0 Å². The average molecular weight is 274 g/mol. The van der Waals surface area contributed by atoms with Crippen LogP contribution in [-0.2, 0) is 0 Å². The predicted octanol–water partition coefficient (Wildman–Crippen LogP) is 3.80. The van der Waals surface area contributed by atoms with Gasteiger partial charge in [-0.25, -0.2) is 9.37 Å². The van der Waals surface area contributed by atoms with Crippen molar-refractivity contribution >= 4 is 16.5 Å². The van der Waals surface area contributed by atoms with Crippen LogP contribution in [0.1, 0.15) is 13.3 Å². The van der Waals surface area contributed by atoms with E-state index in [0.29, 0.717) is 5.41 Å². The van der Waals surface area contributed by atoms with Crippen molar-refractivity contribution < 1.29 is 4.39 Å². The molecule has 2 heterocycles. The molecule has 0 bridgehead atoms. The molecule has 1 aliphatic carbocycles. The van der Waals surface area contributed by atoms with Crippen LogP contribution in [0, 0.1) is 17.2 Å². The minimum absolute atomic E-state index is 0.202. The van der Waals surface area contributed by atoms with Gasteiger partial charge in [0, 0.05) is 24.0 Å². The van der Waals surface area contributed by atoms with Crippen LogP contribution in [0.2, 0.25) is 0 Å². The lowest BCUT2D eigenvalue weighted by Gasteiger charge is -2.17. The third kappa shape index (κ3) is 1.86. The molecule has 0 radical (unpaired) electrons. The molecule has 2 nitrogen and oxygen atoms in total. The molecule has 2 fully saturated rings. The summed E-state index contributed by atoms with van der Waals surface area (Å²) in [6.45, 7) is 4.65. The van der Waals surface area contributed by atoms with Crippen LogP contribution in [0.5, 0.6) is 0 Å². The second-order valence-electron chi connectivity index (χ2n) is 5.96. The maximum atomic E-state index is 12.9. The molecule has 2 unspecified atom stereocenters. The van der Waals surface area contributed by atoms with Gasteiger partial charge in [0.1, 0.15) is 5.82 Å². The van der Waals surface area contributed by atoms with Crippen molar-refractivity contribution in [2.75, 3.05) is 18.0 Å². The molecule has 1 saturated carbocycles. The fourth-order valence-corrected chi connectivity index (χ4v) is 3.90. The molecule has 2 aliphatic rings. The number of benzene rings is 1. The summed E-state index contributed by atoms with van der Waals surface area (Å²) < 4.78 is 12.9. The van der Waals surface area contributed by atoms with E-state index in [1.165, 1.54) is 18.6 Å². The SMILES string of the molecule is CC12CC1CN(c1nc(-c3ccc(F)cc3)cs1)C2. The average Bonchev–Trinajstić information content (AvgIpc) is 2.82. The van der Waals surface area contributed by atoms with Crippen molar-refractivity contribution in [3.8, 4) is 11.3 Å².